The van der Waals surface area contributed by atoms with Gasteiger partial charge in [0.25, 0.3) is 0 Å². The van der Waals surface area contributed by atoms with Crippen molar-refractivity contribution in [1.82, 2.24) is 4.90 Å². The van der Waals surface area contributed by atoms with Gasteiger partial charge in [0.1, 0.15) is 6.17 Å². The first-order chi connectivity index (χ1) is 13.6. The number of nitrogens with one attached hydrogen (secondary N) is 1. The van der Waals surface area contributed by atoms with Gasteiger partial charge >= 0.3 is 0 Å². The highest BCUT2D eigenvalue weighted by Gasteiger charge is 2.32. The molecular weight excluding hydrogens is 393 g/mol. The molecule has 29 heavy (non-hydrogen) atoms. The van der Waals surface area contributed by atoms with E-state index in [2.05, 4.69) is 4.72 Å². The van der Waals surface area contributed by atoms with Gasteiger partial charge in [-0.1, -0.05) is 43.3 Å². The standard InChI is InChI=1S/C21H26FN3O3S/c1-14(20(23)21(26)25-12-11-18(22)13-25)15-3-5-16(6-4-15)17-7-9-19(10-8-17)24-29(2,27)28/h3-10,14,18,20,24H,11-13,23H2,1-2H3/t14-,18-,20-/m0/s1. The van der Waals surface area contributed by atoms with Crippen LogP contribution < -0.4 is 10.5 Å². The van der Waals surface area contributed by atoms with Crippen molar-refractivity contribution in [2.24, 2.45) is 5.73 Å². The molecule has 1 aliphatic heterocycles. The van der Waals surface area contributed by atoms with Gasteiger partial charge in [0.2, 0.25) is 15.9 Å². The van der Waals surface area contributed by atoms with Gasteiger partial charge in [-0.05, 0) is 35.2 Å². The van der Waals surface area contributed by atoms with E-state index in [0.717, 1.165) is 22.9 Å². The minimum absolute atomic E-state index is 0.127. The number of benzene rings is 2. The minimum atomic E-state index is -3.31. The molecule has 0 unspecified atom stereocenters. The van der Waals surface area contributed by atoms with Crippen molar-refractivity contribution in [2.75, 3.05) is 24.1 Å². The van der Waals surface area contributed by atoms with E-state index in [9.17, 15) is 17.6 Å². The van der Waals surface area contributed by atoms with Crippen LogP contribution in [0.5, 0.6) is 0 Å². The van der Waals surface area contributed by atoms with Crippen LogP contribution in [-0.2, 0) is 14.8 Å². The maximum absolute atomic E-state index is 13.4. The van der Waals surface area contributed by atoms with Crippen LogP contribution in [0.4, 0.5) is 10.1 Å². The number of halogens is 1. The van der Waals surface area contributed by atoms with E-state index in [4.69, 9.17) is 5.73 Å². The Kier molecular flexibility index (Phi) is 6.24. The molecule has 1 saturated heterocycles. The lowest BCUT2D eigenvalue weighted by atomic mass is 9.91. The van der Waals surface area contributed by atoms with Gasteiger partial charge in [0, 0.05) is 18.2 Å². The average Bonchev–Trinajstić information content (AvgIpc) is 3.12. The average molecular weight is 420 g/mol. The predicted octanol–water partition coefficient (Wildman–Crippen LogP) is 2.73. The zero-order valence-electron chi connectivity index (χ0n) is 16.5. The molecule has 3 N–H and O–H groups in total. The fourth-order valence-electron chi connectivity index (χ4n) is 3.47. The maximum atomic E-state index is 13.4. The molecule has 0 spiro atoms. The lowest BCUT2D eigenvalue weighted by Gasteiger charge is -2.25. The fraction of sp³-hybridized carbons (Fsp3) is 0.381. The van der Waals surface area contributed by atoms with Crippen molar-refractivity contribution in [3.8, 4) is 11.1 Å². The summed E-state index contributed by atoms with van der Waals surface area (Å²) in [5.41, 5.74) is 9.50. The van der Waals surface area contributed by atoms with Crippen molar-refractivity contribution < 1.29 is 17.6 Å². The van der Waals surface area contributed by atoms with Gasteiger partial charge < -0.3 is 10.6 Å². The van der Waals surface area contributed by atoms with E-state index >= 15 is 0 Å². The molecule has 0 aromatic heterocycles. The van der Waals surface area contributed by atoms with E-state index in [0.29, 0.717) is 18.7 Å². The zero-order valence-corrected chi connectivity index (χ0v) is 17.3. The van der Waals surface area contributed by atoms with E-state index in [1.807, 2.05) is 43.3 Å². The number of carbonyl (C=O) groups excluding carboxylic acids is 1. The van der Waals surface area contributed by atoms with Gasteiger partial charge in [-0.25, -0.2) is 12.8 Å². The Bertz CT molecular complexity index is 962. The molecule has 1 fully saturated rings. The molecule has 2 aromatic rings. The number of likely N-dealkylation sites (tertiary alicyclic amines) is 1. The first-order valence-electron chi connectivity index (χ1n) is 9.50. The second kappa shape index (κ2) is 8.51. The third-order valence-corrected chi connectivity index (χ3v) is 5.83. The number of anilines is 1. The third-order valence-electron chi connectivity index (χ3n) is 5.22. The van der Waals surface area contributed by atoms with E-state index in [-0.39, 0.29) is 18.4 Å². The monoisotopic (exact) mass is 419 g/mol. The van der Waals surface area contributed by atoms with Gasteiger partial charge in [-0.2, -0.15) is 0 Å². The quantitative estimate of drug-likeness (QED) is 0.753. The van der Waals surface area contributed by atoms with Crippen molar-refractivity contribution in [2.45, 2.75) is 31.5 Å². The third kappa shape index (κ3) is 5.33. The summed E-state index contributed by atoms with van der Waals surface area (Å²) < 4.78 is 38.4. The fourth-order valence-corrected chi connectivity index (χ4v) is 4.04. The summed E-state index contributed by atoms with van der Waals surface area (Å²) in [5.74, 6) is -0.410. The van der Waals surface area contributed by atoms with Crippen LogP contribution in [-0.4, -0.2) is 50.8 Å². The molecule has 3 atom stereocenters. The molecular formula is C21H26FN3O3S. The number of nitrogens with two attached hydrogens (primary N) is 1. The number of sulfonamides is 1. The largest absolute Gasteiger partial charge is 0.338 e. The molecule has 1 amide bonds. The number of nitrogens with zero attached hydrogens (tertiary/aromatic N) is 1. The van der Waals surface area contributed by atoms with E-state index in [1.54, 1.807) is 12.1 Å². The van der Waals surface area contributed by atoms with Gasteiger partial charge in [0.05, 0.1) is 18.8 Å². The Labute approximate surface area is 171 Å². The topological polar surface area (TPSA) is 92.5 Å². The number of hydrogen-bond donors (Lipinski definition) is 2. The summed E-state index contributed by atoms with van der Waals surface area (Å²) in [6.45, 7) is 2.44. The molecule has 0 saturated carbocycles. The molecule has 3 rings (SSSR count). The van der Waals surface area contributed by atoms with E-state index in [1.165, 1.54) is 4.90 Å². The molecule has 1 aliphatic rings. The lowest BCUT2D eigenvalue weighted by Crippen LogP contribution is -2.45. The maximum Gasteiger partial charge on any atom is 0.240 e. The summed E-state index contributed by atoms with van der Waals surface area (Å²) in [6.07, 6.45) is 0.524. The van der Waals surface area contributed by atoms with Gasteiger partial charge in [-0.15, -0.1) is 0 Å². The van der Waals surface area contributed by atoms with Crippen LogP contribution in [0.2, 0.25) is 0 Å². The van der Waals surface area contributed by atoms with Crippen molar-refractivity contribution >= 4 is 21.6 Å². The van der Waals surface area contributed by atoms with Crippen molar-refractivity contribution in [1.29, 1.82) is 0 Å². The summed E-state index contributed by atoms with van der Waals surface area (Å²) in [5, 5.41) is 0. The van der Waals surface area contributed by atoms with Gasteiger partial charge in [0.15, 0.2) is 0 Å². The second-order valence-corrected chi connectivity index (χ2v) is 9.31. The predicted molar refractivity (Wildman–Crippen MR) is 113 cm³/mol. The normalized spacial score (nSPS) is 19.0. The number of amides is 1. The summed E-state index contributed by atoms with van der Waals surface area (Å²) in [7, 11) is -3.31. The van der Waals surface area contributed by atoms with Crippen LogP contribution in [0.25, 0.3) is 11.1 Å². The van der Waals surface area contributed by atoms with Crippen molar-refractivity contribution in [3.63, 3.8) is 0 Å². The van der Waals surface area contributed by atoms with Crippen LogP contribution in [0.3, 0.4) is 0 Å². The lowest BCUT2D eigenvalue weighted by molar-refractivity contribution is -0.132. The highest BCUT2D eigenvalue weighted by atomic mass is 32.2. The molecule has 156 valence electrons. The Morgan fingerprint density at radius 3 is 2.17 bits per heavy atom. The van der Waals surface area contributed by atoms with Crippen LogP contribution in [0.1, 0.15) is 24.8 Å². The highest BCUT2D eigenvalue weighted by molar-refractivity contribution is 7.92. The van der Waals surface area contributed by atoms with Crippen LogP contribution >= 0.6 is 0 Å². The molecule has 0 radical (unpaired) electrons. The van der Waals surface area contributed by atoms with Crippen LogP contribution in [0, 0.1) is 0 Å². The minimum Gasteiger partial charge on any atom is -0.338 e. The molecule has 1 heterocycles. The zero-order chi connectivity index (χ0) is 21.2. The molecule has 2 aromatic carbocycles. The first kappa shape index (κ1) is 21.3. The summed E-state index contributed by atoms with van der Waals surface area (Å²) in [4.78, 5) is 14.0. The SMILES string of the molecule is C[C@@H](c1ccc(-c2ccc(NS(C)(=O)=O)cc2)cc1)[C@H](N)C(=O)N1CC[C@H](F)C1. The smallest absolute Gasteiger partial charge is 0.240 e. The molecule has 0 aliphatic carbocycles. The molecule has 8 heteroatoms. The number of rotatable bonds is 6. The van der Waals surface area contributed by atoms with Crippen LogP contribution in [0.15, 0.2) is 48.5 Å². The Hall–Kier alpha value is -2.45. The Morgan fingerprint density at radius 2 is 1.69 bits per heavy atom. The Balaban J connectivity index is 1.68. The second-order valence-electron chi connectivity index (χ2n) is 7.56. The summed E-state index contributed by atoms with van der Waals surface area (Å²) in [6, 6.07) is 14.1. The first-order valence-corrected chi connectivity index (χ1v) is 11.4. The highest BCUT2D eigenvalue weighted by Crippen LogP contribution is 2.26. The number of alkyl halides is 1. The van der Waals surface area contributed by atoms with Crippen molar-refractivity contribution in [3.05, 3.63) is 54.1 Å². The number of hydrogen-bond acceptors (Lipinski definition) is 4. The molecule has 0 bridgehead atoms. The van der Waals surface area contributed by atoms with Gasteiger partial charge in [-0.3, -0.25) is 9.52 Å². The van der Waals surface area contributed by atoms with E-state index < -0.39 is 22.2 Å². The number of carbonyl (C=O) groups is 1. The summed E-state index contributed by atoms with van der Waals surface area (Å²) >= 11 is 0. The Morgan fingerprint density at radius 1 is 1.14 bits per heavy atom. The molecule has 6 nitrogen and oxygen atoms in total.